The van der Waals surface area contributed by atoms with Crippen molar-refractivity contribution in [2.45, 2.75) is 26.2 Å². The van der Waals surface area contributed by atoms with Crippen LogP contribution in [0, 0.1) is 12.7 Å². The fourth-order valence-electron chi connectivity index (χ4n) is 1.76. The van der Waals surface area contributed by atoms with E-state index in [0.29, 0.717) is 12.1 Å². The fraction of sp³-hybridized carbons (Fsp3) is 0.500. The van der Waals surface area contributed by atoms with Crippen LogP contribution in [0.2, 0.25) is 0 Å². The standard InChI is InChI=1S/C14H20FNO2/c1-11-7-6-8-12(13(11)15)14(18)16(2)9-4-3-5-10-17/h6-8,17H,3-5,9-10H2,1-2H3. The number of nitrogens with zero attached hydrogens (tertiary/aromatic N) is 1. The van der Waals surface area contributed by atoms with Gasteiger partial charge in [0.15, 0.2) is 0 Å². The summed E-state index contributed by atoms with van der Waals surface area (Å²) in [6.45, 7) is 2.39. The van der Waals surface area contributed by atoms with E-state index in [-0.39, 0.29) is 18.1 Å². The highest BCUT2D eigenvalue weighted by atomic mass is 19.1. The molecule has 1 aromatic carbocycles. The van der Waals surface area contributed by atoms with Gasteiger partial charge >= 0.3 is 0 Å². The van der Waals surface area contributed by atoms with Crippen molar-refractivity contribution in [1.82, 2.24) is 4.90 Å². The molecule has 0 heterocycles. The van der Waals surface area contributed by atoms with Crippen LogP contribution in [0.25, 0.3) is 0 Å². The van der Waals surface area contributed by atoms with Gasteiger partial charge in [-0.2, -0.15) is 0 Å². The van der Waals surface area contributed by atoms with Gasteiger partial charge < -0.3 is 10.0 Å². The van der Waals surface area contributed by atoms with Gasteiger partial charge in [-0.05, 0) is 37.8 Å². The molecule has 0 aromatic heterocycles. The Morgan fingerprint density at radius 2 is 2.06 bits per heavy atom. The molecule has 18 heavy (non-hydrogen) atoms. The summed E-state index contributed by atoms with van der Waals surface area (Å²) in [4.78, 5) is 13.5. The van der Waals surface area contributed by atoms with E-state index in [1.807, 2.05) is 0 Å². The third kappa shape index (κ3) is 3.81. The molecular weight excluding hydrogens is 233 g/mol. The molecule has 1 N–H and O–H groups in total. The first-order valence-electron chi connectivity index (χ1n) is 6.19. The van der Waals surface area contributed by atoms with Crippen molar-refractivity contribution in [1.29, 1.82) is 0 Å². The number of hydrogen-bond donors (Lipinski definition) is 1. The van der Waals surface area contributed by atoms with E-state index in [1.54, 1.807) is 26.1 Å². The molecule has 0 bridgehead atoms. The topological polar surface area (TPSA) is 40.5 Å². The Kier molecular flexibility index (Phi) is 5.78. The quantitative estimate of drug-likeness (QED) is 0.791. The van der Waals surface area contributed by atoms with Crippen molar-refractivity contribution in [3.63, 3.8) is 0 Å². The van der Waals surface area contributed by atoms with Gasteiger partial charge in [-0.1, -0.05) is 12.1 Å². The molecule has 0 spiro atoms. The van der Waals surface area contributed by atoms with Gasteiger partial charge in [0.2, 0.25) is 0 Å². The molecule has 100 valence electrons. The average molecular weight is 253 g/mol. The van der Waals surface area contributed by atoms with Gasteiger partial charge in [-0.3, -0.25) is 4.79 Å². The molecule has 1 rings (SSSR count). The molecule has 4 heteroatoms. The van der Waals surface area contributed by atoms with E-state index in [2.05, 4.69) is 0 Å². The monoisotopic (exact) mass is 253 g/mol. The Morgan fingerprint density at radius 1 is 1.33 bits per heavy atom. The van der Waals surface area contributed by atoms with E-state index in [4.69, 9.17) is 5.11 Å². The summed E-state index contributed by atoms with van der Waals surface area (Å²) in [7, 11) is 1.67. The maximum absolute atomic E-state index is 13.8. The van der Waals surface area contributed by atoms with Crippen LogP contribution in [0.1, 0.15) is 35.2 Å². The van der Waals surface area contributed by atoms with Crippen molar-refractivity contribution in [2.75, 3.05) is 20.2 Å². The van der Waals surface area contributed by atoms with Crippen LogP contribution in [0.3, 0.4) is 0 Å². The predicted octanol–water partition coefficient (Wildman–Crippen LogP) is 2.37. The van der Waals surface area contributed by atoms with Gasteiger partial charge in [0.1, 0.15) is 5.82 Å². The number of benzene rings is 1. The molecule has 1 amide bonds. The minimum atomic E-state index is -0.440. The number of carbonyl (C=O) groups is 1. The molecule has 0 saturated carbocycles. The van der Waals surface area contributed by atoms with Crippen LogP contribution in [0.15, 0.2) is 18.2 Å². The van der Waals surface area contributed by atoms with Crippen molar-refractivity contribution >= 4 is 5.91 Å². The molecule has 1 aromatic rings. The molecule has 0 unspecified atom stereocenters. The number of rotatable bonds is 6. The third-order valence-corrected chi connectivity index (χ3v) is 2.92. The number of aliphatic hydroxyl groups is 1. The summed E-state index contributed by atoms with van der Waals surface area (Å²) in [5, 5.41) is 8.66. The molecule has 0 aliphatic heterocycles. The Bertz CT molecular complexity index is 407. The summed E-state index contributed by atoms with van der Waals surface area (Å²) in [6.07, 6.45) is 2.42. The second-order valence-electron chi connectivity index (χ2n) is 4.45. The number of hydrogen-bond acceptors (Lipinski definition) is 2. The Hall–Kier alpha value is -1.42. The SMILES string of the molecule is Cc1cccc(C(=O)N(C)CCCCCO)c1F. The molecule has 0 aliphatic carbocycles. The zero-order valence-electron chi connectivity index (χ0n) is 10.9. The molecule has 0 aliphatic rings. The lowest BCUT2D eigenvalue weighted by Gasteiger charge is -2.17. The average Bonchev–Trinajstić information content (AvgIpc) is 2.37. The van der Waals surface area contributed by atoms with Gasteiger partial charge in [0, 0.05) is 20.2 Å². The van der Waals surface area contributed by atoms with E-state index >= 15 is 0 Å². The van der Waals surface area contributed by atoms with Crippen LogP contribution in [-0.2, 0) is 0 Å². The number of carbonyl (C=O) groups excluding carboxylic acids is 1. The van der Waals surface area contributed by atoms with Gasteiger partial charge in [-0.15, -0.1) is 0 Å². The zero-order valence-corrected chi connectivity index (χ0v) is 10.9. The maximum Gasteiger partial charge on any atom is 0.256 e. The van der Waals surface area contributed by atoms with E-state index in [1.165, 1.54) is 11.0 Å². The predicted molar refractivity (Wildman–Crippen MR) is 69.0 cm³/mol. The highest BCUT2D eigenvalue weighted by molar-refractivity contribution is 5.94. The highest BCUT2D eigenvalue weighted by Crippen LogP contribution is 2.14. The van der Waals surface area contributed by atoms with Crippen LogP contribution < -0.4 is 0 Å². The van der Waals surface area contributed by atoms with E-state index < -0.39 is 5.82 Å². The minimum absolute atomic E-state index is 0.125. The Balaban J connectivity index is 2.60. The molecule has 0 atom stereocenters. The van der Waals surface area contributed by atoms with Crippen molar-refractivity contribution in [2.24, 2.45) is 0 Å². The highest BCUT2D eigenvalue weighted by Gasteiger charge is 2.16. The van der Waals surface area contributed by atoms with Gasteiger partial charge in [0.25, 0.3) is 5.91 Å². The number of aryl methyl sites for hydroxylation is 1. The van der Waals surface area contributed by atoms with E-state index in [9.17, 15) is 9.18 Å². The largest absolute Gasteiger partial charge is 0.396 e. The number of aliphatic hydroxyl groups excluding tert-OH is 1. The smallest absolute Gasteiger partial charge is 0.256 e. The molecule has 0 saturated heterocycles. The second kappa shape index (κ2) is 7.11. The number of halogens is 1. The first-order chi connectivity index (χ1) is 8.57. The van der Waals surface area contributed by atoms with Crippen molar-refractivity contribution in [3.8, 4) is 0 Å². The Labute approximate surface area is 107 Å². The minimum Gasteiger partial charge on any atom is -0.396 e. The number of unbranched alkanes of at least 4 members (excludes halogenated alkanes) is 2. The maximum atomic E-state index is 13.8. The Morgan fingerprint density at radius 3 is 2.72 bits per heavy atom. The number of amides is 1. The summed E-state index contributed by atoms with van der Waals surface area (Å²) in [6, 6.07) is 4.84. The summed E-state index contributed by atoms with van der Waals surface area (Å²) in [5.41, 5.74) is 0.606. The molecular formula is C14H20FNO2. The first kappa shape index (κ1) is 14.6. The van der Waals surface area contributed by atoms with Crippen LogP contribution in [-0.4, -0.2) is 36.1 Å². The zero-order chi connectivity index (χ0) is 13.5. The first-order valence-corrected chi connectivity index (χ1v) is 6.19. The lowest BCUT2D eigenvalue weighted by atomic mass is 10.1. The normalized spacial score (nSPS) is 10.4. The molecule has 0 radical (unpaired) electrons. The second-order valence-corrected chi connectivity index (χ2v) is 4.45. The molecule has 3 nitrogen and oxygen atoms in total. The van der Waals surface area contributed by atoms with Gasteiger partial charge in [0.05, 0.1) is 5.56 Å². The molecule has 0 fully saturated rings. The third-order valence-electron chi connectivity index (χ3n) is 2.92. The van der Waals surface area contributed by atoms with Gasteiger partial charge in [-0.25, -0.2) is 4.39 Å². The van der Waals surface area contributed by atoms with Crippen molar-refractivity contribution < 1.29 is 14.3 Å². The van der Waals surface area contributed by atoms with E-state index in [0.717, 1.165) is 19.3 Å². The van der Waals surface area contributed by atoms with Crippen LogP contribution in [0.5, 0.6) is 0 Å². The summed E-state index contributed by atoms with van der Waals surface area (Å²) >= 11 is 0. The van der Waals surface area contributed by atoms with Crippen LogP contribution >= 0.6 is 0 Å². The van der Waals surface area contributed by atoms with Crippen LogP contribution in [0.4, 0.5) is 4.39 Å². The lowest BCUT2D eigenvalue weighted by molar-refractivity contribution is 0.0787. The summed E-state index contributed by atoms with van der Waals surface area (Å²) in [5.74, 6) is -0.732. The summed E-state index contributed by atoms with van der Waals surface area (Å²) < 4.78 is 13.8. The lowest BCUT2D eigenvalue weighted by Crippen LogP contribution is -2.28. The fourth-order valence-corrected chi connectivity index (χ4v) is 1.76. The van der Waals surface area contributed by atoms with Crippen molar-refractivity contribution in [3.05, 3.63) is 35.1 Å².